The maximum Gasteiger partial charge on any atom is 0.253 e. The Hall–Kier alpha value is -3.39. The number of methoxy groups -OCH3 is 1. The summed E-state index contributed by atoms with van der Waals surface area (Å²) in [7, 11) is 1.58. The summed E-state index contributed by atoms with van der Waals surface area (Å²) in [5.41, 5.74) is 2.83. The van der Waals surface area contributed by atoms with Crippen molar-refractivity contribution in [1.82, 2.24) is 25.2 Å². The van der Waals surface area contributed by atoms with Gasteiger partial charge in [0.05, 0.1) is 7.11 Å². The highest BCUT2D eigenvalue weighted by Gasteiger charge is 2.42. The number of ether oxygens (including phenoxy) is 1. The molecule has 1 aromatic heterocycles. The SMILES string of the molecule is COc1cc(Cl)cc(/C=C/C(=O)N2C[C@@H]3CN(C(=O)c4ccc5n[nH]nc5c4)C[C@H]3C2)c1. The summed E-state index contributed by atoms with van der Waals surface area (Å²) in [6.45, 7) is 2.61. The van der Waals surface area contributed by atoms with Gasteiger partial charge in [0, 0.05) is 54.7 Å². The molecule has 0 saturated carbocycles. The van der Waals surface area contributed by atoms with E-state index in [0.29, 0.717) is 59.9 Å². The molecule has 2 amide bonds. The molecule has 3 heterocycles. The van der Waals surface area contributed by atoms with Gasteiger partial charge in [-0.2, -0.15) is 15.4 Å². The van der Waals surface area contributed by atoms with E-state index < -0.39 is 0 Å². The zero-order chi connectivity index (χ0) is 22.2. The predicted octanol–water partition coefficient (Wildman–Crippen LogP) is 2.86. The first-order chi connectivity index (χ1) is 15.5. The number of H-pyrrole nitrogens is 1. The van der Waals surface area contributed by atoms with Gasteiger partial charge < -0.3 is 14.5 Å². The Bertz CT molecular complexity index is 1210. The van der Waals surface area contributed by atoms with Gasteiger partial charge in [-0.1, -0.05) is 11.6 Å². The van der Waals surface area contributed by atoms with Crippen LogP contribution in [-0.2, 0) is 4.79 Å². The number of nitrogens with one attached hydrogen (secondary N) is 1. The lowest BCUT2D eigenvalue weighted by Gasteiger charge is -2.21. The summed E-state index contributed by atoms with van der Waals surface area (Å²) in [5, 5.41) is 11.2. The second-order valence-electron chi connectivity index (χ2n) is 8.26. The molecule has 0 radical (unpaired) electrons. The second-order valence-corrected chi connectivity index (χ2v) is 8.69. The van der Waals surface area contributed by atoms with Crippen molar-refractivity contribution in [1.29, 1.82) is 0 Å². The number of nitrogens with zero attached hydrogens (tertiary/aromatic N) is 4. The lowest BCUT2D eigenvalue weighted by Crippen LogP contribution is -2.35. The van der Waals surface area contributed by atoms with Gasteiger partial charge in [-0.15, -0.1) is 0 Å². The van der Waals surface area contributed by atoms with E-state index in [0.717, 1.165) is 11.1 Å². The van der Waals surface area contributed by atoms with Crippen LogP contribution in [0.4, 0.5) is 0 Å². The minimum absolute atomic E-state index is 0.00280. The fourth-order valence-corrected chi connectivity index (χ4v) is 4.80. The molecule has 164 valence electrons. The third-order valence-electron chi connectivity index (χ3n) is 6.20. The average Bonchev–Trinajstić information content (AvgIpc) is 3.50. The minimum atomic E-state index is -0.0345. The largest absolute Gasteiger partial charge is 0.497 e. The number of carbonyl (C=O) groups is 2. The minimum Gasteiger partial charge on any atom is -0.497 e. The molecule has 3 aromatic rings. The summed E-state index contributed by atoms with van der Waals surface area (Å²) in [5.74, 6) is 1.19. The third-order valence-corrected chi connectivity index (χ3v) is 6.41. The standard InChI is InChI=1S/C23H22ClN5O3/c1-32-19-7-14(6-18(24)9-19)2-5-22(30)28-10-16-12-29(13-17(16)11-28)23(31)15-3-4-20-21(8-15)26-27-25-20/h2-9,16-17H,10-13H2,1H3,(H,25,26,27)/b5-2+/t16-,17-/m1/s1. The summed E-state index contributed by atoms with van der Waals surface area (Å²) in [6, 6.07) is 10.7. The molecule has 2 aromatic carbocycles. The molecule has 0 bridgehead atoms. The lowest BCUT2D eigenvalue weighted by atomic mass is 10.0. The first-order valence-electron chi connectivity index (χ1n) is 10.4. The topological polar surface area (TPSA) is 91.4 Å². The molecule has 32 heavy (non-hydrogen) atoms. The number of likely N-dealkylation sites (tertiary alicyclic amines) is 2. The van der Waals surface area contributed by atoms with Crippen LogP contribution in [0.25, 0.3) is 17.1 Å². The number of aromatic amines is 1. The van der Waals surface area contributed by atoms with Gasteiger partial charge in [0.2, 0.25) is 5.91 Å². The molecule has 9 heteroatoms. The van der Waals surface area contributed by atoms with Crippen molar-refractivity contribution in [3.05, 3.63) is 58.6 Å². The van der Waals surface area contributed by atoms with E-state index in [4.69, 9.17) is 16.3 Å². The van der Waals surface area contributed by atoms with Crippen LogP contribution in [0.5, 0.6) is 5.75 Å². The van der Waals surface area contributed by atoms with Crippen molar-refractivity contribution in [3.8, 4) is 5.75 Å². The fraction of sp³-hybridized carbons (Fsp3) is 0.304. The summed E-state index contributed by atoms with van der Waals surface area (Å²) >= 11 is 6.09. The number of halogens is 1. The van der Waals surface area contributed by atoms with Crippen molar-refractivity contribution >= 4 is 40.5 Å². The van der Waals surface area contributed by atoms with Gasteiger partial charge in [0.25, 0.3) is 5.91 Å². The number of fused-ring (bicyclic) bond motifs is 2. The predicted molar refractivity (Wildman–Crippen MR) is 120 cm³/mol. The molecule has 0 aliphatic carbocycles. The van der Waals surface area contributed by atoms with Gasteiger partial charge in [-0.05, 0) is 48.0 Å². The zero-order valence-electron chi connectivity index (χ0n) is 17.5. The molecule has 0 unspecified atom stereocenters. The number of benzene rings is 2. The first kappa shape index (κ1) is 20.5. The number of carbonyl (C=O) groups excluding carboxylic acids is 2. The summed E-state index contributed by atoms with van der Waals surface area (Å²) in [6.07, 6.45) is 3.32. The molecular formula is C23H22ClN5O3. The van der Waals surface area contributed by atoms with Crippen molar-refractivity contribution in [2.45, 2.75) is 0 Å². The van der Waals surface area contributed by atoms with Gasteiger partial charge in [0.15, 0.2) is 0 Å². The van der Waals surface area contributed by atoms with Crippen molar-refractivity contribution < 1.29 is 14.3 Å². The summed E-state index contributed by atoms with van der Waals surface area (Å²) < 4.78 is 5.22. The average molecular weight is 452 g/mol. The molecule has 2 aliphatic rings. The zero-order valence-corrected chi connectivity index (χ0v) is 18.2. The molecule has 2 aliphatic heterocycles. The molecule has 1 N–H and O–H groups in total. The van der Waals surface area contributed by atoms with E-state index in [-0.39, 0.29) is 11.8 Å². The Morgan fingerprint density at radius 1 is 1.03 bits per heavy atom. The van der Waals surface area contributed by atoms with Crippen LogP contribution in [0.1, 0.15) is 15.9 Å². The van der Waals surface area contributed by atoms with Crippen LogP contribution in [0, 0.1) is 11.8 Å². The smallest absolute Gasteiger partial charge is 0.253 e. The lowest BCUT2D eigenvalue weighted by molar-refractivity contribution is -0.125. The van der Waals surface area contributed by atoms with Gasteiger partial charge in [-0.25, -0.2) is 0 Å². The molecule has 5 rings (SSSR count). The molecule has 8 nitrogen and oxygen atoms in total. The first-order valence-corrected chi connectivity index (χ1v) is 10.8. The maximum absolute atomic E-state index is 13.0. The Labute approximate surface area is 189 Å². The van der Waals surface area contributed by atoms with E-state index in [9.17, 15) is 9.59 Å². The van der Waals surface area contributed by atoms with Crippen LogP contribution in [0.3, 0.4) is 0 Å². The molecule has 2 atom stereocenters. The van der Waals surface area contributed by atoms with Crippen LogP contribution in [0.15, 0.2) is 42.5 Å². The van der Waals surface area contributed by atoms with E-state index >= 15 is 0 Å². The highest BCUT2D eigenvalue weighted by molar-refractivity contribution is 6.30. The van der Waals surface area contributed by atoms with Crippen LogP contribution in [-0.4, -0.2) is 70.3 Å². The van der Waals surface area contributed by atoms with Crippen molar-refractivity contribution in [2.75, 3.05) is 33.3 Å². The highest BCUT2D eigenvalue weighted by atomic mass is 35.5. The fourth-order valence-electron chi connectivity index (χ4n) is 4.57. The van der Waals surface area contributed by atoms with Gasteiger partial charge in [0.1, 0.15) is 16.8 Å². The van der Waals surface area contributed by atoms with E-state index in [1.807, 2.05) is 15.9 Å². The van der Waals surface area contributed by atoms with Crippen LogP contribution >= 0.6 is 11.6 Å². The maximum atomic E-state index is 13.0. The second kappa shape index (κ2) is 8.27. The molecule has 2 saturated heterocycles. The molecule has 0 spiro atoms. The number of hydrogen-bond acceptors (Lipinski definition) is 5. The Balaban J connectivity index is 1.20. The normalized spacial score (nSPS) is 20.3. The van der Waals surface area contributed by atoms with Crippen molar-refractivity contribution in [3.63, 3.8) is 0 Å². The third kappa shape index (κ3) is 3.93. The Morgan fingerprint density at radius 2 is 1.75 bits per heavy atom. The monoisotopic (exact) mass is 451 g/mol. The van der Waals surface area contributed by atoms with E-state index in [2.05, 4.69) is 15.4 Å². The Kier molecular flexibility index (Phi) is 5.30. The number of hydrogen-bond donors (Lipinski definition) is 1. The molecular weight excluding hydrogens is 430 g/mol. The summed E-state index contributed by atoms with van der Waals surface area (Å²) in [4.78, 5) is 29.4. The van der Waals surface area contributed by atoms with Crippen LogP contribution in [0.2, 0.25) is 5.02 Å². The number of amides is 2. The van der Waals surface area contributed by atoms with Gasteiger partial charge >= 0.3 is 0 Å². The molecule has 2 fully saturated rings. The van der Waals surface area contributed by atoms with E-state index in [1.165, 1.54) is 0 Å². The highest BCUT2D eigenvalue weighted by Crippen LogP contribution is 2.32. The number of rotatable bonds is 4. The van der Waals surface area contributed by atoms with Crippen molar-refractivity contribution in [2.24, 2.45) is 11.8 Å². The Morgan fingerprint density at radius 3 is 2.50 bits per heavy atom. The quantitative estimate of drug-likeness (QED) is 0.616. The van der Waals surface area contributed by atoms with Crippen LogP contribution < -0.4 is 4.74 Å². The van der Waals surface area contributed by atoms with Gasteiger partial charge in [-0.3, -0.25) is 9.59 Å². The number of aromatic nitrogens is 3. The van der Waals surface area contributed by atoms with E-state index in [1.54, 1.807) is 49.6 Å².